The Morgan fingerprint density at radius 1 is 1.11 bits per heavy atom. The minimum Gasteiger partial charge on any atom is -0.494 e. The van der Waals surface area contributed by atoms with Crippen molar-refractivity contribution in [1.29, 1.82) is 0 Å². The number of aromatic nitrogens is 1. The molecule has 8 nitrogen and oxygen atoms in total. The topological polar surface area (TPSA) is 118 Å². The first-order valence-corrected chi connectivity index (χ1v) is 13.9. The number of thioether (sulfide) groups is 1. The summed E-state index contributed by atoms with van der Waals surface area (Å²) in [7, 11) is 0. The van der Waals surface area contributed by atoms with Crippen molar-refractivity contribution in [2.45, 2.75) is 43.3 Å². The van der Waals surface area contributed by atoms with Gasteiger partial charge in [-0.1, -0.05) is 36.5 Å². The third-order valence-corrected chi connectivity index (χ3v) is 8.32. The van der Waals surface area contributed by atoms with Crippen LogP contribution in [0.15, 0.2) is 59.5 Å². The maximum atomic E-state index is 13.0. The van der Waals surface area contributed by atoms with Crippen LogP contribution in [0.4, 0.5) is 10.8 Å². The number of rotatable bonds is 10. The molecule has 194 valence electrons. The molecule has 37 heavy (non-hydrogen) atoms. The van der Waals surface area contributed by atoms with E-state index in [1.54, 1.807) is 12.1 Å². The van der Waals surface area contributed by atoms with Gasteiger partial charge in [-0.15, -0.1) is 11.8 Å². The number of hydrogen-bond acceptors (Lipinski definition) is 7. The van der Waals surface area contributed by atoms with Gasteiger partial charge in [0.2, 0.25) is 11.8 Å². The highest BCUT2D eigenvalue weighted by atomic mass is 32.2. The van der Waals surface area contributed by atoms with Gasteiger partial charge in [-0.05, 0) is 62.6 Å². The van der Waals surface area contributed by atoms with Crippen LogP contribution in [-0.2, 0) is 14.4 Å². The molecule has 0 aliphatic heterocycles. The van der Waals surface area contributed by atoms with E-state index in [2.05, 4.69) is 15.6 Å². The summed E-state index contributed by atoms with van der Waals surface area (Å²) in [5.74, 6) is -2.01. The highest BCUT2D eigenvalue weighted by molar-refractivity contribution is 8.00. The van der Waals surface area contributed by atoms with Crippen LogP contribution < -0.4 is 15.4 Å². The second-order valence-electron chi connectivity index (χ2n) is 8.60. The number of carbonyl (C=O) groups is 3. The van der Waals surface area contributed by atoms with Gasteiger partial charge in [0.1, 0.15) is 5.75 Å². The Morgan fingerprint density at radius 3 is 2.62 bits per heavy atom. The summed E-state index contributed by atoms with van der Waals surface area (Å²) in [5, 5.41) is 15.4. The van der Waals surface area contributed by atoms with Crippen LogP contribution in [0, 0.1) is 11.8 Å². The summed E-state index contributed by atoms with van der Waals surface area (Å²) in [4.78, 5) is 42.8. The van der Waals surface area contributed by atoms with E-state index in [1.165, 1.54) is 23.1 Å². The molecule has 10 heteroatoms. The third-order valence-electron chi connectivity index (χ3n) is 6.03. The molecule has 1 heterocycles. The number of carboxylic acids is 1. The van der Waals surface area contributed by atoms with Crippen LogP contribution in [0.5, 0.6) is 5.75 Å². The Balaban J connectivity index is 1.40. The molecular weight excluding hydrogens is 510 g/mol. The highest BCUT2D eigenvalue weighted by Gasteiger charge is 2.34. The maximum Gasteiger partial charge on any atom is 0.307 e. The predicted octanol–water partition coefficient (Wildman–Crippen LogP) is 5.81. The largest absolute Gasteiger partial charge is 0.494 e. The van der Waals surface area contributed by atoms with Gasteiger partial charge in [-0.25, -0.2) is 4.98 Å². The standard InChI is InChI=1S/C27H29N3O5S2/c1-3-22(25(32)30-27-29-21-13-12-17(35-4-2)15-23(21)37-27)36-18-9-7-8-16(14-18)28-24(31)19-10-5-6-11-20(19)26(33)34/h5-9,12-15,19-20,22H,3-4,10-11H2,1-2H3,(H,28,31)(H,33,34)(H,29,30,32). The van der Waals surface area contributed by atoms with Crippen LogP contribution in [-0.4, -0.2) is 39.7 Å². The number of benzene rings is 2. The van der Waals surface area contributed by atoms with Crippen LogP contribution in [0.25, 0.3) is 10.2 Å². The molecule has 1 aliphatic carbocycles. The van der Waals surface area contributed by atoms with Crippen molar-refractivity contribution in [3.05, 3.63) is 54.6 Å². The average Bonchev–Trinajstić information content (AvgIpc) is 3.29. The van der Waals surface area contributed by atoms with Crippen molar-refractivity contribution in [2.75, 3.05) is 17.2 Å². The summed E-state index contributed by atoms with van der Waals surface area (Å²) in [6.07, 6.45) is 5.00. The van der Waals surface area contributed by atoms with E-state index in [-0.39, 0.29) is 17.1 Å². The molecule has 0 radical (unpaired) electrons. The Kier molecular flexibility index (Phi) is 8.83. The predicted molar refractivity (Wildman–Crippen MR) is 147 cm³/mol. The number of aliphatic carboxylic acids is 1. The quantitative estimate of drug-likeness (QED) is 0.220. The molecule has 3 unspecified atom stereocenters. The number of thiazole rings is 1. The molecule has 3 atom stereocenters. The minimum atomic E-state index is -0.964. The number of nitrogens with zero attached hydrogens (tertiary/aromatic N) is 1. The van der Waals surface area contributed by atoms with Gasteiger partial charge < -0.3 is 20.5 Å². The number of ether oxygens (including phenoxy) is 1. The molecule has 4 rings (SSSR count). The number of carboxylic acid groups (broad SMARTS) is 1. The molecule has 0 fully saturated rings. The zero-order chi connectivity index (χ0) is 26.4. The Bertz CT molecular complexity index is 1320. The van der Waals surface area contributed by atoms with E-state index in [9.17, 15) is 19.5 Å². The Labute approximate surface area is 223 Å². The van der Waals surface area contributed by atoms with Crippen LogP contribution in [0.2, 0.25) is 0 Å². The van der Waals surface area contributed by atoms with Gasteiger partial charge in [0.05, 0.1) is 33.9 Å². The second-order valence-corrected chi connectivity index (χ2v) is 10.9. The maximum absolute atomic E-state index is 13.0. The van der Waals surface area contributed by atoms with E-state index in [0.29, 0.717) is 36.7 Å². The fourth-order valence-electron chi connectivity index (χ4n) is 4.15. The molecule has 0 saturated carbocycles. The molecule has 0 saturated heterocycles. The van der Waals surface area contributed by atoms with Crippen molar-refractivity contribution in [1.82, 2.24) is 4.98 Å². The van der Waals surface area contributed by atoms with Gasteiger partial charge in [-0.3, -0.25) is 14.4 Å². The van der Waals surface area contributed by atoms with E-state index in [1.807, 2.05) is 56.3 Å². The van der Waals surface area contributed by atoms with Crippen molar-refractivity contribution in [2.24, 2.45) is 11.8 Å². The molecule has 3 N–H and O–H groups in total. The monoisotopic (exact) mass is 539 g/mol. The number of carbonyl (C=O) groups excluding carboxylic acids is 2. The zero-order valence-electron chi connectivity index (χ0n) is 20.6. The summed E-state index contributed by atoms with van der Waals surface area (Å²) in [6, 6.07) is 12.9. The number of hydrogen-bond donors (Lipinski definition) is 3. The van der Waals surface area contributed by atoms with Crippen molar-refractivity contribution in [3.8, 4) is 5.75 Å². The normalized spacial score (nSPS) is 17.8. The summed E-state index contributed by atoms with van der Waals surface area (Å²) in [5.41, 5.74) is 1.37. The zero-order valence-corrected chi connectivity index (χ0v) is 22.2. The van der Waals surface area contributed by atoms with E-state index >= 15 is 0 Å². The molecule has 2 aromatic carbocycles. The van der Waals surface area contributed by atoms with Crippen molar-refractivity contribution >= 4 is 61.9 Å². The fraction of sp³-hybridized carbons (Fsp3) is 0.333. The van der Waals surface area contributed by atoms with Gasteiger partial charge in [0.15, 0.2) is 5.13 Å². The summed E-state index contributed by atoms with van der Waals surface area (Å²) < 4.78 is 6.48. The van der Waals surface area contributed by atoms with Crippen LogP contribution in [0.3, 0.4) is 0 Å². The molecule has 0 bridgehead atoms. The molecule has 1 aliphatic rings. The highest BCUT2D eigenvalue weighted by Crippen LogP contribution is 2.33. The summed E-state index contributed by atoms with van der Waals surface area (Å²) in [6.45, 7) is 4.45. The first-order chi connectivity index (χ1) is 17.9. The van der Waals surface area contributed by atoms with E-state index in [4.69, 9.17) is 4.74 Å². The molecular formula is C27H29N3O5S2. The summed E-state index contributed by atoms with van der Waals surface area (Å²) >= 11 is 2.80. The Hall–Kier alpha value is -3.37. The van der Waals surface area contributed by atoms with Gasteiger partial charge in [0, 0.05) is 10.6 Å². The fourth-order valence-corrected chi connectivity index (χ4v) is 6.06. The first kappa shape index (κ1) is 26.7. The van der Waals surface area contributed by atoms with E-state index < -0.39 is 17.8 Å². The SMILES string of the molecule is CCOc1ccc2nc(NC(=O)C(CC)Sc3cccc(NC(=O)C4CC=CCC4C(=O)O)c3)sc2c1. The first-order valence-electron chi connectivity index (χ1n) is 12.2. The van der Waals surface area contributed by atoms with Crippen molar-refractivity contribution in [3.63, 3.8) is 0 Å². The van der Waals surface area contributed by atoms with Gasteiger partial charge >= 0.3 is 5.97 Å². The lowest BCUT2D eigenvalue weighted by Gasteiger charge is -2.24. The minimum absolute atomic E-state index is 0.149. The van der Waals surface area contributed by atoms with E-state index in [0.717, 1.165) is 20.9 Å². The second kappa shape index (κ2) is 12.2. The third kappa shape index (κ3) is 6.69. The number of fused-ring (bicyclic) bond motifs is 1. The molecule has 1 aromatic heterocycles. The number of nitrogens with one attached hydrogen (secondary N) is 2. The smallest absolute Gasteiger partial charge is 0.307 e. The lowest BCUT2D eigenvalue weighted by Crippen LogP contribution is -2.34. The number of anilines is 2. The molecule has 3 aromatic rings. The van der Waals surface area contributed by atoms with Gasteiger partial charge in [0.25, 0.3) is 0 Å². The molecule has 0 spiro atoms. The number of allylic oxidation sites excluding steroid dienone is 2. The molecule has 2 amide bonds. The van der Waals surface area contributed by atoms with Crippen LogP contribution >= 0.6 is 23.1 Å². The van der Waals surface area contributed by atoms with Gasteiger partial charge in [-0.2, -0.15) is 0 Å². The van der Waals surface area contributed by atoms with Crippen molar-refractivity contribution < 1.29 is 24.2 Å². The lowest BCUT2D eigenvalue weighted by atomic mass is 9.82. The average molecular weight is 540 g/mol. The number of amides is 2. The Morgan fingerprint density at radius 2 is 1.89 bits per heavy atom. The lowest BCUT2D eigenvalue weighted by molar-refractivity contribution is -0.146. The van der Waals surface area contributed by atoms with Crippen LogP contribution in [0.1, 0.15) is 33.1 Å².